The molecule has 0 aliphatic carbocycles. The van der Waals surface area contributed by atoms with E-state index in [1.165, 1.54) is 0 Å². The number of carbonyl (C=O) groups excluding carboxylic acids is 3. The first-order valence-corrected chi connectivity index (χ1v) is 16.8. The summed E-state index contributed by atoms with van der Waals surface area (Å²) in [5.74, 6) is -0.986. The number of esters is 1. The molecule has 0 bridgehead atoms. The van der Waals surface area contributed by atoms with Crippen LogP contribution in [0.5, 0.6) is 5.75 Å². The number of amides is 2. The standard InChI is InChI=1S/C40H48N2O6/c1-3-12-33(26-38(44)41-35(27-43)25-31-19-21-37(22-20-31)47-28-32-16-9-6-10-17-32)39(45)42-23-11-18-36(42)29-48-40(46)34(13-4-2)24-30-14-7-5-8-15-30/h3-10,14-17,19-22,33-36,43H,1-2,11-13,18,23-29H2,(H,41,44)/t33-,34-,35-,36-/m0/s1. The Kier molecular flexibility index (Phi) is 14.5. The van der Waals surface area contributed by atoms with E-state index in [1.54, 1.807) is 17.1 Å². The van der Waals surface area contributed by atoms with E-state index in [1.807, 2.05) is 84.9 Å². The van der Waals surface area contributed by atoms with Crippen molar-refractivity contribution in [3.8, 4) is 5.75 Å². The van der Waals surface area contributed by atoms with Crippen molar-refractivity contribution >= 4 is 17.8 Å². The van der Waals surface area contributed by atoms with Gasteiger partial charge in [-0.15, -0.1) is 13.2 Å². The molecule has 1 aliphatic heterocycles. The summed E-state index contributed by atoms with van der Waals surface area (Å²) in [5, 5.41) is 12.9. The Morgan fingerprint density at radius 2 is 1.48 bits per heavy atom. The van der Waals surface area contributed by atoms with Gasteiger partial charge in [0.25, 0.3) is 0 Å². The number of aliphatic hydroxyl groups excluding tert-OH is 1. The van der Waals surface area contributed by atoms with Gasteiger partial charge in [-0.05, 0) is 67.3 Å². The predicted octanol–water partition coefficient (Wildman–Crippen LogP) is 5.84. The predicted molar refractivity (Wildman–Crippen MR) is 187 cm³/mol. The summed E-state index contributed by atoms with van der Waals surface area (Å²) in [5.41, 5.74) is 3.07. The van der Waals surface area contributed by atoms with E-state index in [0.717, 1.165) is 35.3 Å². The highest BCUT2D eigenvalue weighted by atomic mass is 16.5. The van der Waals surface area contributed by atoms with E-state index in [9.17, 15) is 19.5 Å². The molecule has 0 unspecified atom stereocenters. The summed E-state index contributed by atoms with van der Waals surface area (Å²) in [6.07, 6.45) is 6.68. The number of nitrogens with one attached hydrogen (secondary N) is 1. The van der Waals surface area contributed by atoms with E-state index in [2.05, 4.69) is 18.5 Å². The van der Waals surface area contributed by atoms with Crippen LogP contribution >= 0.6 is 0 Å². The van der Waals surface area contributed by atoms with Crippen molar-refractivity contribution in [2.75, 3.05) is 19.8 Å². The fraction of sp³-hybridized carbons (Fsp3) is 0.375. The van der Waals surface area contributed by atoms with E-state index in [-0.39, 0.29) is 49.4 Å². The van der Waals surface area contributed by atoms with Crippen LogP contribution in [0.1, 0.15) is 48.8 Å². The van der Waals surface area contributed by atoms with Gasteiger partial charge in [0.1, 0.15) is 19.0 Å². The van der Waals surface area contributed by atoms with Gasteiger partial charge in [0.05, 0.1) is 30.5 Å². The minimum Gasteiger partial charge on any atom is -0.489 e. The highest BCUT2D eigenvalue weighted by molar-refractivity contribution is 5.86. The number of aliphatic hydroxyl groups is 1. The van der Waals surface area contributed by atoms with E-state index in [0.29, 0.717) is 38.8 Å². The van der Waals surface area contributed by atoms with E-state index >= 15 is 0 Å². The Bertz CT molecular complexity index is 1460. The second kappa shape index (κ2) is 19.2. The molecule has 2 N–H and O–H groups in total. The zero-order valence-corrected chi connectivity index (χ0v) is 27.7. The Morgan fingerprint density at radius 3 is 2.12 bits per heavy atom. The van der Waals surface area contributed by atoms with Gasteiger partial charge in [-0.25, -0.2) is 0 Å². The maximum absolute atomic E-state index is 13.7. The molecular weight excluding hydrogens is 604 g/mol. The molecule has 1 fully saturated rings. The molecule has 254 valence electrons. The first kappa shape index (κ1) is 36.2. The van der Waals surface area contributed by atoms with Crippen LogP contribution in [-0.2, 0) is 38.6 Å². The van der Waals surface area contributed by atoms with Gasteiger partial charge in [-0.3, -0.25) is 14.4 Å². The summed E-state index contributed by atoms with van der Waals surface area (Å²) >= 11 is 0. The molecule has 1 heterocycles. The molecule has 0 radical (unpaired) electrons. The fourth-order valence-electron chi connectivity index (χ4n) is 6.08. The summed E-state index contributed by atoms with van der Waals surface area (Å²) in [7, 11) is 0. The lowest BCUT2D eigenvalue weighted by atomic mass is 9.96. The molecule has 0 spiro atoms. The Morgan fingerprint density at radius 1 is 0.854 bits per heavy atom. The van der Waals surface area contributed by atoms with Gasteiger partial charge in [-0.1, -0.05) is 84.9 Å². The maximum atomic E-state index is 13.7. The lowest BCUT2D eigenvalue weighted by molar-refractivity contribution is -0.152. The molecule has 8 nitrogen and oxygen atoms in total. The number of hydrogen-bond acceptors (Lipinski definition) is 6. The highest BCUT2D eigenvalue weighted by Gasteiger charge is 2.35. The minimum absolute atomic E-state index is 0.0326. The van der Waals surface area contributed by atoms with Crippen molar-refractivity contribution in [3.63, 3.8) is 0 Å². The Labute approximate surface area is 284 Å². The van der Waals surface area contributed by atoms with Gasteiger partial charge in [0, 0.05) is 13.0 Å². The van der Waals surface area contributed by atoms with Crippen molar-refractivity contribution in [2.24, 2.45) is 11.8 Å². The quantitative estimate of drug-likeness (QED) is 0.125. The molecular formula is C40H48N2O6. The van der Waals surface area contributed by atoms with Crippen LogP contribution in [0.3, 0.4) is 0 Å². The molecule has 1 saturated heterocycles. The summed E-state index contributed by atoms with van der Waals surface area (Å²) < 4.78 is 11.6. The SMILES string of the molecule is C=CC[C@@H](Cc1ccccc1)C(=O)OC[C@@H]1CCCN1C(=O)[C@@H](CC=C)CC(=O)N[C@H](CO)Cc1ccc(OCc2ccccc2)cc1. The Balaban J connectivity index is 1.27. The van der Waals surface area contributed by atoms with E-state index < -0.39 is 12.0 Å². The fourth-order valence-corrected chi connectivity index (χ4v) is 6.08. The molecule has 3 aromatic rings. The van der Waals surface area contributed by atoms with Crippen LogP contribution in [0, 0.1) is 11.8 Å². The van der Waals surface area contributed by atoms with E-state index in [4.69, 9.17) is 9.47 Å². The topological polar surface area (TPSA) is 105 Å². The Hall–Kier alpha value is -4.69. The van der Waals surface area contributed by atoms with Crippen molar-refractivity contribution in [3.05, 3.63) is 127 Å². The molecule has 2 amide bonds. The minimum atomic E-state index is -0.606. The third-order valence-electron chi connectivity index (χ3n) is 8.66. The van der Waals surface area contributed by atoms with Crippen LogP contribution in [0.15, 0.2) is 110 Å². The van der Waals surface area contributed by atoms with Gasteiger partial charge in [0.15, 0.2) is 0 Å². The molecule has 48 heavy (non-hydrogen) atoms. The highest BCUT2D eigenvalue weighted by Crippen LogP contribution is 2.25. The second-order valence-electron chi connectivity index (χ2n) is 12.4. The zero-order valence-electron chi connectivity index (χ0n) is 27.7. The zero-order chi connectivity index (χ0) is 34.1. The smallest absolute Gasteiger partial charge is 0.309 e. The molecule has 0 aromatic heterocycles. The number of benzene rings is 3. The molecule has 4 rings (SSSR count). The van der Waals surface area contributed by atoms with Gasteiger partial charge >= 0.3 is 5.97 Å². The normalized spacial score (nSPS) is 15.9. The lowest BCUT2D eigenvalue weighted by Crippen LogP contribution is -2.45. The van der Waals surface area contributed by atoms with Crippen molar-refractivity contribution in [1.82, 2.24) is 10.2 Å². The first-order valence-electron chi connectivity index (χ1n) is 16.8. The third kappa shape index (κ3) is 11.2. The van der Waals surface area contributed by atoms with Gasteiger partial charge < -0.3 is 24.8 Å². The van der Waals surface area contributed by atoms with Crippen molar-refractivity contribution < 1.29 is 29.0 Å². The number of likely N-dealkylation sites (tertiary alicyclic amines) is 1. The average Bonchev–Trinajstić information content (AvgIpc) is 3.59. The summed E-state index contributed by atoms with van der Waals surface area (Å²) in [4.78, 5) is 41.6. The van der Waals surface area contributed by atoms with Crippen molar-refractivity contribution in [1.29, 1.82) is 0 Å². The van der Waals surface area contributed by atoms with Gasteiger partial charge in [-0.2, -0.15) is 0 Å². The number of carbonyl (C=O) groups is 3. The number of allylic oxidation sites excluding steroid dienone is 2. The second-order valence-corrected chi connectivity index (χ2v) is 12.4. The third-order valence-corrected chi connectivity index (χ3v) is 8.66. The number of ether oxygens (including phenoxy) is 2. The molecule has 8 heteroatoms. The largest absolute Gasteiger partial charge is 0.489 e. The van der Waals surface area contributed by atoms with Crippen LogP contribution in [0.4, 0.5) is 0 Å². The van der Waals surface area contributed by atoms with Crippen molar-refractivity contribution in [2.45, 2.75) is 63.6 Å². The van der Waals surface area contributed by atoms with Gasteiger partial charge in [0.2, 0.25) is 11.8 Å². The molecule has 0 saturated carbocycles. The van der Waals surface area contributed by atoms with Crippen LogP contribution in [0.2, 0.25) is 0 Å². The average molecular weight is 653 g/mol. The van der Waals surface area contributed by atoms with Crippen LogP contribution in [-0.4, -0.2) is 59.6 Å². The summed E-state index contributed by atoms with van der Waals surface area (Å²) in [6.45, 7) is 8.49. The number of hydrogen-bond donors (Lipinski definition) is 2. The molecule has 4 atom stereocenters. The molecule has 1 aliphatic rings. The maximum Gasteiger partial charge on any atom is 0.309 e. The molecule has 3 aromatic carbocycles. The number of nitrogens with zero attached hydrogens (tertiary/aromatic N) is 1. The lowest BCUT2D eigenvalue weighted by Gasteiger charge is -2.29. The monoisotopic (exact) mass is 652 g/mol. The van der Waals surface area contributed by atoms with Crippen LogP contribution < -0.4 is 10.1 Å². The first-order chi connectivity index (χ1) is 23.4. The summed E-state index contributed by atoms with van der Waals surface area (Å²) in [6, 6.07) is 26.5. The van der Waals surface area contributed by atoms with Crippen LogP contribution in [0.25, 0.3) is 0 Å². The number of rotatable bonds is 19.